The number of nitrogens with one attached hydrogen (secondary N) is 1. The minimum absolute atomic E-state index is 0.400. The van der Waals surface area contributed by atoms with Gasteiger partial charge in [0.05, 0.1) is 0 Å². The third kappa shape index (κ3) is 4.08. The Morgan fingerprint density at radius 3 is 2.73 bits per heavy atom. The highest BCUT2D eigenvalue weighted by Gasteiger charge is 2.12. The van der Waals surface area contributed by atoms with Crippen molar-refractivity contribution < 1.29 is 0 Å². The SMILES string of the molecule is Cc1ccnc(NC(CCCl)C(C)C)c1. The molecule has 0 radical (unpaired) electrons. The lowest BCUT2D eigenvalue weighted by atomic mass is 10.0. The van der Waals surface area contributed by atoms with E-state index in [0.29, 0.717) is 17.8 Å². The molecule has 0 spiro atoms. The number of pyridine rings is 1. The summed E-state index contributed by atoms with van der Waals surface area (Å²) in [6, 6.07) is 4.46. The number of hydrogen-bond donors (Lipinski definition) is 1. The molecule has 0 saturated carbocycles. The third-order valence-corrected chi connectivity index (χ3v) is 2.69. The quantitative estimate of drug-likeness (QED) is 0.778. The maximum Gasteiger partial charge on any atom is 0.126 e. The lowest BCUT2D eigenvalue weighted by molar-refractivity contribution is 0.511. The van der Waals surface area contributed by atoms with Gasteiger partial charge < -0.3 is 5.32 Å². The van der Waals surface area contributed by atoms with E-state index in [1.807, 2.05) is 12.3 Å². The molecule has 84 valence electrons. The van der Waals surface area contributed by atoms with Gasteiger partial charge >= 0.3 is 0 Å². The highest BCUT2D eigenvalue weighted by molar-refractivity contribution is 6.17. The summed E-state index contributed by atoms with van der Waals surface area (Å²) in [5.41, 5.74) is 1.22. The van der Waals surface area contributed by atoms with Crippen molar-refractivity contribution in [2.24, 2.45) is 5.92 Å². The average molecular weight is 227 g/mol. The normalized spacial score (nSPS) is 12.9. The van der Waals surface area contributed by atoms with E-state index in [1.54, 1.807) is 0 Å². The molecule has 1 N–H and O–H groups in total. The van der Waals surface area contributed by atoms with Crippen LogP contribution in [0.3, 0.4) is 0 Å². The highest BCUT2D eigenvalue weighted by Crippen LogP contribution is 2.14. The number of alkyl halides is 1. The van der Waals surface area contributed by atoms with Gasteiger partial charge in [-0.3, -0.25) is 0 Å². The maximum absolute atomic E-state index is 5.78. The van der Waals surface area contributed by atoms with Crippen LogP contribution in [0.1, 0.15) is 25.8 Å². The van der Waals surface area contributed by atoms with Crippen LogP contribution >= 0.6 is 11.6 Å². The molecular formula is C12H19ClN2. The lowest BCUT2D eigenvalue weighted by Crippen LogP contribution is -2.26. The van der Waals surface area contributed by atoms with Gasteiger partial charge in [-0.15, -0.1) is 11.6 Å². The minimum Gasteiger partial charge on any atom is -0.367 e. The van der Waals surface area contributed by atoms with Gasteiger partial charge in [0.1, 0.15) is 5.82 Å². The summed E-state index contributed by atoms with van der Waals surface area (Å²) in [7, 11) is 0. The molecule has 0 aliphatic rings. The van der Waals surface area contributed by atoms with Gasteiger partial charge in [0, 0.05) is 18.1 Å². The highest BCUT2D eigenvalue weighted by atomic mass is 35.5. The fourth-order valence-corrected chi connectivity index (χ4v) is 1.73. The predicted molar refractivity (Wildman–Crippen MR) is 66.6 cm³/mol. The number of halogens is 1. The Morgan fingerprint density at radius 2 is 2.20 bits per heavy atom. The summed E-state index contributed by atoms with van der Waals surface area (Å²) >= 11 is 5.78. The largest absolute Gasteiger partial charge is 0.367 e. The molecular weight excluding hydrogens is 208 g/mol. The van der Waals surface area contributed by atoms with Crippen LogP contribution in [0.5, 0.6) is 0 Å². The van der Waals surface area contributed by atoms with E-state index in [4.69, 9.17) is 11.6 Å². The van der Waals surface area contributed by atoms with Gasteiger partial charge in [-0.25, -0.2) is 4.98 Å². The molecule has 1 aromatic rings. The van der Waals surface area contributed by atoms with Crippen LogP contribution in [0.4, 0.5) is 5.82 Å². The molecule has 15 heavy (non-hydrogen) atoms. The molecule has 2 nitrogen and oxygen atoms in total. The van der Waals surface area contributed by atoms with E-state index in [2.05, 4.69) is 37.1 Å². The number of aryl methyl sites for hydroxylation is 1. The molecule has 0 fully saturated rings. The van der Waals surface area contributed by atoms with Crippen LogP contribution in [0, 0.1) is 12.8 Å². The van der Waals surface area contributed by atoms with E-state index in [1.165, 1.54) is 5.56 Å². The van der Waals surface area contributed by atoms with Gasteiger partial charge in [-0.1, -0.05) is 13.8 Å². The van der Waals surface area contributed by atoms with Crippen molar-refractivity contribution in [1.82, 2.24) is 4.98 Å². The van der Waals surface area contributed by atoms with Crippen LogP contribution in [-0.4, -0.2) is 16.9 Å². The molecule has 1 unspecified atom stereocenters. The zero-order chi connectivity index (χ0) is 11.3. The Kier molecular flexibility index (Phi) is 4.89. The number of hydrogen-bond acceptors (Lipinski definition) is 2. The van der Waals surface area contributed by atoms with Crippen molar-refractivity contribution in [1.29, 1.82) is 0 Å². The first-order valence-electron chi connectivity index (χ1n) is 5.38. The third-order valence-electron chi connectivity index (χ3n) is 2.47. The van der Waals surface area contributed by atoms with Gasteiger partial charge in [0.25, 0.3) is 0 Å². The van der Waals surface area contributed by atoms with Crippen LogP contribution in [0.15, 0.2) is 18.3 Å². The van der Waals surface area contributed by atoms with Crippen molar-refractivity contribution in [2.75, 3.05) is 11.2 Å². The summed E-state index contributed by atoms with van der Waals surface area (Å²) in [5.74, 6) is 2.19. The lowest BCUT2D eigenvalue weighted by Gasteiger charge is -2.22. The van der Waals surface area contributed by atoms with Crippen molar-refractivity contribution in [3.05, 3.63) is 23.9 Å². The zero-order valence-corrected chi connectivity index (χ0v) is 10.4. The molecule has 1 rings (SSSR count). The monoisotopic (exact) mass is 226 g/mol. The van der Waals surface area contributed by atoms with Crippen LogP contribution in [0.25, 0.3) is 0 Å². The molecule has 3 heteroatoms. The molecule has 0 bridgehead atoms. The Balaban J connectivity index is 2.65. The molecule has 0 aliphatic heterocycles. The second-order valence-electron chi connectivity index (χ2n) is 4.19. The predicted octanol–water partition coefficient (Wildman–Crippen LogP) is 3.46. The van der Waals surface area contributed by atoms with Gasteiger partial charge in [0.15, 0.2) is 0 Å². The summed E-state index contributed by atoms with van der Waals surface area (Å²) in [4.78, 5) is 4.29. The van der Waals surface area contributed by atoms with E-state index in [0.717, 1.165) is 12.2 Å². The summed E-state index contributed by atoms with van der Waals surface area (Å²) in [6.45, 7) is 6.46. The summed E-state index contributed by atoms with van der Waals surface area (Å²) in [5, 5.41) is 3.42. The number of aromatic nitrogens is 1. The average Bonchev–Trinajstić information content (AvgIpc) is 2.17. The van der Waals surface area contributed by atoms with Gasteiger partial charge in [-0.2, -0.15) is 0 Å². The smallest absolute Gasteiger partial charge is 0.126 e. The number of anilines is 1. The summed E-state index contributed by atoms with van der Waals surface area (Å²) < 4.78 is 0. The minimum atomic E-state index is 0.400. The second kappa shape index (κ2) is 5.96. The van der Waals surface area contributed by atoms with Crippen LogP contribution < -0.4 is 5.32 Å². The van der Waals surface area contributed by atoms with Crippen molar-refractivity contribution >= 4 is 17.4 Å². The Bertz CT molecular complexity index is 299. The Labute approximate surface area is 97.1 Å². The van der Waals surface area contributed by atoms with Gasteiger partial charge in [0.2, 0.25) is 0 Å². The Hall–Kier alpha value is -0.760. The molecule has 1 aromatic heterocycles. The Morgan fingerprint density at radius 1 is 1.47 bits per heavy atom. The van der Waals surface area contributed by atoms with Crippen molar-refractivity contribution in [3.8, 4) is 0 Å². The van der Waals surface area contributed by atoms with Crippen molar-refractivity contribution in [2.45, 2.75) is 33.2 Å². The fraction of sp³-hybridized carbons (Fsp3) is 0.583. The molecule has 1 atom stereocenters. The molecule has 0 saturated heterocycles. The molecule has 0 aliphatic carbocycles. The van der Waals surface area contributed by atoms with E-state index in [-0.39, 0.29) is 0 Å². The fourth-order valence-electron chi connectivity index (χ4n) is 1.49. The second-order valence-corrected chi connectivity index (χ2v) is 4.57. The number of nitrogens with zero attached hydrogens (tertiary/aromatic N) is 1. The zero-order valence-electron chi connectivity index (χ0n) is 9.63. The number of rotatable bonds is 5. The van der Waals surface area contributed by atoms with Crippen molar-refractivity contribution in [3.63, 3.8) is 0 Å². The topological polar surface area (TPSA) is 24.9 Å². The van der Waals surface area contributed by atoms with Crippen LogP contribution in [-0.2, 0) is 0 Å². The first-order chi connectivity index (χ1) is 7.13. The molecule has 1 heterocycles. The molecule has 0 aromatic carbocycles. The first kappa shape index (κ1) is 12.3. The molecule has 0 amide bonds. The standard InChI is InChI=1S/C12H19ClN2/c1-9(2)11(4-6-13)15-12-8-10(3)5-7-14-12/h5,7-9,11H,4,6H2,1-3H3,(H,14,15). The van der Waals surface area contributed by atoms with E-state index >= 15 is 0 Å². The summed E-state index contributed by atoms with van der Waals surface area (Å²) in [6.07, 6.45) is 2.80. The first-order valence-corrected chi connectivity index (χ1v) is 5.92. The van der Waals surface area contributed by atoms with Crippen LogP contribution in [0.2, 0.25) is 0 Å². The maximum atomic E-state index is 5.78. The van der Waals surface area contributed by atoms with Gasteiger partial charge in [-0.05, 0) is 37.0 Å². The van der Waals surface area contributed by atoms with E-state index in [9.17, 15) is 0 Å². The van der Waals surface area contributed by atoms with E-state index < -0.39 is 0 Å².